The summed E-state index contributed by atoms with van der Waals surface area (Å²) in [5.74, 6) is -4.22. The average Bonchev–Trinajstić information content (AvgIpc) is 3.70. The third-order valence-electron chi connectivity index (χ3n) is 14.7. The monoisotopic (exact) mass is 1190 g/mol. The summed E-state index contributed by atoms with van der Waals surface area (Å²) in [6, 6.07) is 4.77. The number of alkyl carbamates (subject to hydrolysis) is 1. The van der Waals surface area contributed by atoms with E-state index < -0.39 is 102 Å². The van der Waals surface area contributed by atoms with Crippen LogP contribution in [0, 0.1) is 29.1 Å². The summed E-state index contributed by atoms with van der Waals surface area (Å²) in [4.78, 5) is 109. The molecule has 12 atom stereocenters. The largest absolute Gasteiger partial charge is 0.464 e. The molecule has 1 aliphatic heterocycles. The third-order valence-corrected chi connectivity index (χ3v) is 14.7. The van der Waals surface area contributed by atoms with Gasteiger partial charge in [0.1, 0.15) is 24.7 Å². The lowest BCUT2D eigenvalue weighted by Crippen LogP contribution is -2.59. The first kappa shape index (κ1) is 74.6. The molecule has 0 aliphatic carbocycles. The van der Waals surface area contributed by atoms with E-state index in [9.17, 15) is 43.5 Å². The average molecular weight is 1190 g/mol. The molecule has 1 aliphatic rings. The van der Waals surface area contributed by atoms with Crippen LogP contribution < -0.4 is 37.2 Å². The van der Waals surface area contributed by atoms with E-state index in [-0.39, 0.29) is 99.5 Å². The van der Waals surface area contributed by atoms with Gasteiger partial charge in [-0.1, -0.05) is 106 Å². The van der Waals surface area contributed by atoms with E-state index >= 15 is 0 Å². The van der Waals surface area contributed by atoms with Gasteiger partial charge in [0.15, 0.2) is 6.29 Å². The molecule has 0 bridgehead atoms. The molecule has 2 unspecified atom stereocenters. The molecule has 0 saturated carbocycles. The van der Waals surface area contributed by atoms with Crippen LogP contribution in [0.1, 0.15) is 147 Å². The van der Waals surface area contributed by atoms with Gasteiger partial charge in [-0.25, -0.2) is 9.59 Å². The second kappa shape index (κ2) is 37.2. The predicted octanol–water partition coefficient (Wildman–Crippen LogP) is 4.30. The number of ether oxygens (including phenoxy) is 6. The number of aliphatic hydroxyl groups is 1. The molecule has 0 spiro atoms. The van der Waals surface area contributed by atoms with Crippen LogP contribution >= 0.6 is 0 Å². The Morgan fingerprint density at radius 1 is 0.762 bits per heavy atom. The standard InChI is InChI=1S/C61H106N8O15/c1-18-39(6)52(68-57(76)51(38(4)5)67-56(75)50(62-15)37(2)3)46(79-16)33-48(72)69-30-22-26-45(69)53(80-17)40(7)54(73)66-44(32-42-24-20-19-21-25-42)55(74)63-28-23-31-81-58(77)41(8)65-47(71)27-29-64-59(78)82-36-49(84-61(12,13)14)83-43(35-70)34-60(9,10)11/h19-21,24-25,37-41,43-46,49-53,62,70H,18,22-23,26-36H2,1-17H3,(H,63,74)(H,64,78)(H,65,71)(H,66,73)(H,67,75)(H,68,76)/t39-,40+,41-,43?,44-,45-,46+,49?,50-,51-,52-,53+/m0/s1. The highest BCUT2D eigenvalue weighted by molar-refractivity contribution is 5.91. The van der Waals surface area contributed by atoms with Gasteiger partial charge >= 0.3 is 12.1 Å². The molecule has 1 fully saturated rings. The van der Waals surface area contributed by atoms with Crippen molar-refractivity contribution in [3.05, 3.63) is 35.9 Å². The lowest BCUT2D eigenvalue weighted by Gasteiger charge is -2.37. The first-order valence-corrected chi connectivity index (χ1v) is 30.0. The summed E-state index contributed by atoms with van der Waals surface area (Å²) in [5, 5.41) is 29.8. The number of methoxy groups -OCH3 is 2. The first-order valence-electron chi connectivity index (χ1n) is 30.0. The Morgan fingerprint density at radius 2 is 1.40 bits per heavy atom. The number of hydrogen-bond acceptors (Lipinski definition) is 16. The van der Waals surface area contributed by atoms with Crippen LogP contribution in [0.5, 0.6) is 0 Å². The van der Waals surface area contributed by atoms with Crippen LogP contribution in [0.3, 0.4) is 0 Å². The normalized spacial score (nSPS) is 17.7. The van der Waals surface area contributed by atoms with E-state index in [1.54, 1.807) is 18.9 Å². The molecule has 23 nitrogen and oxygen atoms in total. The molecule has 84 heavy (non-hydrogen) atoms. The number of nitrogens with zero attached hydrogens (tertiary/aromatic N) is 1. The zero-order valence-electron chi connectivity index (χ0n) is 53.5. The molecule has 7 amide bonds. The quantitative estimate of drug-likeness (QED) is 0.0262. The fourth-order valence-electron chi connectivity index (χ4n) is 10.0. The second-order valence-corrected chi connectivity index (χ2v) is 24.9. The zero-order chi connectivity index (χ0) is 63.5. The van der Waals surface area contributed by atoms with Crippen LogP contribution in [0.4, 0.5) is 4.79 Å². The minimum Gasteiger partial charge on any atom is -0.464 e. The van der Waals surface area contributed by atoms with Crippen LogP contribution in [0.2, 0.25) is 0 Å². The first-order chi connectivity index (χ1) is 39.4. The van der Waals surface area contributed by atoms with E-state index in [1.165, 1.54) is 21.1 Å². The number of benzene rings is 1. The fraction of sp³-hybridized carbons (Fsp3) is 0.770. The molecule has 23 heteroatoms. The van der Waals surface area contributed by atoms with Crippen molar-refractivity contribution in [2.45, 2.75) is 215 Å². The molecule has 0 aromatic heterocycles. The van der Waals surface area contributed by atoms with Gasteiger partial charge in [-0.3, -0.25) is 28.8 Å². The minimum absolute atomic E-state index is 0.0114. The maximum Gasteiger partial charge on any atom is 0.407 e. The molecule has 1 aromatic rings. The lowest BCUT2D eigenvalue weighted by molar-refractivity contribution is -0.236. The lowest BCUT2D eigenvalue weighted by atomic mass is 9.89. The number of carbonyl (C=O) groups excluding carboxylic acids is 8. The van der Waals surface area contributed by atoms with Crippen molar-refractivity contribution >= 4 is 47.5 Å². The minimum atomic E-state index is -1.02. The molecule has 1 saturated heterocycles. The van der Waals surface area contributed by atoms with Crippen molar-refractivity contribution in [1.29, 1.82) is 0 Å². The van der Waals surface area contributed by atoms with Gasteiger partial charge in [0, 0.05) is 46.7 Å². The second-order valence-electron chi connectivity index (χ2n) is 24.9. The van der Waals surface area contributed by atoms with Crippen LogP contribution in [-0.2, 0) is 68.4 Å². The smallest absolute Gasteiger partial charge is 0.407 e. The van der Waals surface area contributed by atoms with Gasteiger partial charge < -0.3 is 75.6 Å². The zero-order valence-corrected chi connectivity index (χ0v) is 53.5. The number of aliphatic hydroxyl groups excluding tert-OH is 1. The highest BCUT2D eigenvalue weighted by Gasteiger charge is 2.42. The molecular formula is C61H106N8O15. The van der Waals surface area contributed by atoms with Gasteiger partial charge in [-0.05, 0) is 89.2 Å². The van der Waals surface area contributed by atoms with Crippen molar-refractivity contribution in [2.24, 2.45) is 29.1 Å². The predicted molar refractivity (Wildman–Crippen MR) is 319 cm³/mol. The van der Waals surface area contributed by atoms with Gasteiger partial charge in [0.25, 0.3) is 0 Å². The number of amides is 7. The number of likely N-dealkylation sites (N-methyl/N-ethyl adjacent to an activating group) is 1. The highest BCUT2D eigenvalue weighted by Crippen LogP contribution is 2.29. The van der Waals surface area contributed by atoms with E-state index in [2.05, 4.69) is 37.2 Å². The Bertz CT molecular complexity index is 2190. The van der Waals surface area contributed by atoms with E-state index in [0.29, 0.717) is 32.2 Å². The summed E-state index contributed by atoms with van der Waals surface area (Å²) in [5.41, 5.74) is 0.0257. The number of likely N-dealkylation sites (tertiary alicyclic amines) is 1. The topological polar surface area (TPSA) is 300 Å². The van der Waals surface area contributed by atoms with Crippen molar-refractivity contribution < 1.29 is 71.9 Å². The van der Waals surface area contributed by atoms with Gasteiger partial charge in [0.2, 0.25) is 35.4 Å². The SMILES string of the molecule is CC[C@H](C)[C@H](NC(=O)[C@@H](NC(=O)[C@@H](NC)C(C)C)C(C)C)[C@@H](CC(=O)N1CCC[C@H]1[C@H](OC)[C@@H](C)C(=O)N[C@@H](Cc1ccccc1)C(=O)NCCCOC(=O)[C@H](C)NC(=O)CCNC(=O)OCC(OC(CO)CC(C)(C)C)OC(C)(C)C)OC. The van der Waals surface area contributed by atoms with Gasteiger partial charge in [-0.15, -0.1) is 0 Å². The van der Waals surface area contributed by atoms with E-state index in [1.807, 2.05) is 113 Å². The highest BCUT2D eigenvalue weighted by atomic mass is 16.7. The van der Waals surface area contributed by atoms with E-state index in [4.69, 9.17) is 28.4 Å². The summed E-state index contributed by atoms with van der Waals surface area (Å²) < 4.78 is 34.5. The number of nitrogens with one attached hydrogen (secondary N) is 7. The molecular weight excluding hydrogens is 1080 g/mol. The van der Waals surface area contributed by atoms with E-state index in [0.717, 1.165) is 5.56 Å². The number of rotatable bonds is 37. The summed E-state index contributed by atoms with van der Waals surface area (Å²) in [6.45, 7) is 26.0. The van der Waals surface area contributed by atoms with Crippen LogP contribution in [-0.4, -0.2) is 185 Å². The maximum absolute atomic E-state index is 14.4. The molecule has 0 radical (unpaired) electrons. The number of hydrogen-bond donors (Lipinski definition) is 8. The Labute approximate surface area is 500 Å². The van der Waals surface area contributed by atoms with Crippen LogP contribution in [0.15, 0.2) is 30.3 Å². The van der Waals surface area contributed by atoms with Gasteiger partial charge in [0.05, 0.1) is 67.6 Å². The Kier molecular flexibility index (Phi) is 33.0. The van der Waals surface area contributed by atoms with Crippen molar-refractivity contribution in [2.75, 3.05) is 60.7 Å². The maximum atomic E-state index is 14.4. The fourth-order valence-corrected chi connectivity index (χ4v) is 10.0. The summed E-state index contributed by atoms with van der Waals surface area (Å²) in [7, 11) is 4.70. The molecule has 2 rings (SSSR count). The third kappa shape index (κ3) is 26.9. The number of carbonyl (C=O) groups is 8. The molecule has 1 heterocycles. The molecule has 1 aromatic carbocycles. The Balaban J connectivity index is 2.02. The molecule has 480 valence electrons. The van der Waals surface area contributed by atoms with Crippen molar-refractivity contribution in [3.63, 3.8) is 0 Å². The molecule has 8 N–H and O–H groups in total. The summed E-state index contributed by atoms with van der Waals surface area (Å²) >= 11 is 0. The Hall–Kier alpha value is -5.46. The Morgan fingerprint density at radius 3 is 1.96 bits per heavy atom. The summed E-state index contributed by atoms with van der Waals surface area (Å²) in [6.07, 6.45) is -1.22. The van der Waals surface area contributed by atoms with Crippen LogP contribution in [0.25, 0.3) is 0 Å². The van der Waals surface area contributed by atoms with Crippen molar-refractivity contribution in [3.8, 4) is 0 Å². The number of esters is 1. The van der Waals surface area contributed by atoms with Gasteiger partial charge in [-0.2, -0.15) is 0 Å². The van der Waals surface area contributed by atoms with Crippen molar-refractivity contribution in [1.82, 2.24) is 42.1 Å².